The van der Waals surface area contributed by atoms with Crippen molar-refractivity contribution in [1.29, 1.82) is 0 Å². The first-order chi connectivity index (χ1) is 12.2. The lowest BCUT2D eigenvalue weighted by Crippen LogP contribution is -2.37. The fraction of sp³-hybridized carbons (Fsp3) is 0.353. The van der Waals surface area contributed by atoms with Gasteiger partial charge < -0.3 is 5.32 Å². The average Bonchev–Trinajstić information content (AvgIpc) is 2.85. The lowest BCUT2D eigenvalue weighted by molar-refractivity contribution is -0.131. The van der Waals surface area contributed by atoms with Crippen LogP contribution in [0.1, 0.15) is 27.2 Å². The zero-order valence-corrected chi connectivity index (χ0v) is 15.5. The van der Waals surface area contributed by atoms with Crippen molar-refractivity contribution < 1.29 is 23.6 Å². The summed E-state index contributed by atoms with van der Waals surface area (Å²) in [5.41, 5.74) is 3.17. The van der Waals surface area contributed by atoms with E-state index in [0.29, 0.717) is 11.1 Å². The first-order valence-corrected chi connectivity index (χ1v) is 8.17. The summed E-state index contributed by atoms with van der Waals surface area (Å²) in [5, 5.41) is 2.80. The van der Waals surface area contributed by atoms with Gasteiger partial charge in [-0.15, -0.1) is 0 Å². The second-order valence-corrected chi connectivity index (χ2v) is 6.42. The van der Waals surface area contributed by atoms with E-state index in [0.717, 1.165) is 11.0 Å². The van der Waals surface area contributed by atoms with E-state index in [-0.39, 0.29) is 22.8 Å². The molecule has 1 heterocycles. The van der Waals surface area contributed by atoms with Gasteiger partial charge in [0.25, 0.3) is 11.8 Å². The standard InChI is InChI=1S/C17H19ClFN3O4/c1-8(2)10-5-15(23)22(17(10)25)14-7-13(11(18)6-12(14)19)20-9(3)16(24)21-26-4/h6-7,9,20H,5H2,1-4H3,(H,21,24). The molecule has 1 fully saturated rings. The van der Waals surface area contributed by atoms with E-state index in [4.69, 9.17) is 11.6 Å². The summed E-state index contributed by atoms with van der Waals surface area (Å²) in [6.07, 6.45) is -0.0847. The van der Waals surface area contributed by atoms with Gasteiger partial charge in [0.05, 0.1) is 29.9 Å². The number of hydrogen-bond donors (Lipinski definition) is 2. The Morgan fingerprint density at radius 3 is 2.54 bits per heavy atom. The number of rotatable bonds is 5. The minimum Gasteiger partial charge on any atom is -0.373 e. The predicted molar refractivity (Wildman–Crippen MR) is 95.1 cm³/mol. The molecule has 1 atom stereocenters. The molecular formula is C17H19ClFN3O4. The highest BCUT2D eigenvalue weighted by molar-refractivity contribution is 6.34. The Labute approximate surface area is 155 Å². The van der Waals surface area contributed by atoms with Crippen LogP contribution in [0.5, 0.6) is 0 Å². The topological polar surface area (TPSA) is 87.7 Å². The van der Waals surface area contributed by atoms with E-state index in [9.17, 15) is 18.8 Å². The summed E-state index contributed by atoms with van der Waals surface area (Å²) in [7, 11) is 1.29. The van der Waals surface area contributed by atoms with Crippen molar-refractivity contribution in [3.05, 3.63) is 34.1 Å². The highest BCUT2D eigenvalue weighted by Gasteiger charge is 2.37. The molecule has 1 aromatic carbocycles. The largest absolute Gasteiger partial charge is 0.373 e. The van der Waals surface area contributed by atoms with E-state index in [2.05, 4.69) is 15.6 Å². The lowest BCUT2D eigenvalue weighted by Gasteiger charge is -2.19. The van der Waals surface area contributed by atoms with Gasteiger partial charge in [0.15, 0.2) is 0 Å². The van der Waals surface area contributed by atoms with Crippen LogP contribution in [0.3, 0.4) is 0 Å². The van der Waals surface area contributed by atoms with Crippen LogP contribution in [0.4, 0.5) is 15.8 Å². The second-order valence-electron chi connectivity index (χ2n) is 6.01. The maximum atomic E-state index is 14.4. The number of nitrogens with one attached hydrogen (secondary N) is 2. The maximum Gasteiger partial charge on any atom is 0.265 e. The first-order valence-electron chi connectivity index (χ1n) is 7.79. The summed E-state index contributed by atoms with van der Waals surface area (Å²) >= 11 is 6.02. The molecule has 0 aromatic heterocycles. The van der Waals surface area contributed by atoms with Crippen LogP contribution in [0.15, 0.2) is 23.3 Å². The molecule has 0 bridgehead atoms. The number of hydrogen-bond acceptors (Lipinski definition) is 5. The van der Waals surface area contributed by atoms with Crippen molar-refractivity contribution in [2.24, 2.45) is 0 Å². The van der Waals surface area contributed by atoms with Gasteiger partial charge in [-0.3, -0.25) is 19.2 Å². The quantitative estimate of drug-likeness (QED) is 0.463. The molecule has 0 spiro atoms. The summed E-state index contributed by atoms with van der Waals surface area (Å²) in [6, 6.07) is 1.46. The Kier molecular flexibility index (Phi) is 5.99. The maximum absolute atomic E-state index is 14.4. The van der Waals surface area contributed by atoms with Crippen LogP contribution in [0.2, 0.25) is 5.02 Å². The molecular weight excluding hydrogens is 365 g/mol. The van der Waals surface area contributed by atoms with Crippen molar-refractivity contribution in [3.8, 4) is 0 Å². The monoisotopic (exact) mass is 383 g/mol. The minimum atomic E-state index is -0.814. The van der Waals surface area contributed by atoms with Crippen molar-refractivity contribution >= 4 is 40.7 Å². The fourth-order valence-corrected chi connectivity index (χ4v) is 2.70. The molecule has 9 heteroatoms. The number of hydroxylamine groups is 1. The van der Waals surface area contributed by atoms with Gasteiger partial charge in [0.1, 0.15) is 11.9 Å². The van der Waals surface area contributed by atoms with Gasteiger partial charge in [-0.25, -0.2) is 14.8 Å². The van der Waals surface area contributed by atoms with Gasteiger partial charge in [0.2, 0.25) is 5.91 Å². The summed E-state index contributed by atoms with van der Waals surface area (Å²) < 4.78 is 14.4. The molecule has 2 rings (SSSR count). The molecule has 1 aromatic rings. The predicted octanol–water partition coefficient (Wildman–Crippen LogP) is 2.56. The summed E-state index contributed by atoms with van der Waals surface area (Å²) in [4.78, 5) is 41.8. The minimum absolute atomic E-state index is 0.00449. The van der Waals surface area contributed by atoms with E-state index in [1.165, 1.54) is 13.2 Å². The van der Waals surface area contributed by atoms with Crippen LogP contribution in [-0.4, -0.2) is 30.9 Å². The van der Waals surface area contributed by atoms with Gasteiger partial charge in [0, 0.05) is 5.57 Å². The SMILES string of the molecule is CONC(=O)C(C)Nc1cc(N2C(=O)CC(=C(C)C)C2=O)c(F)cc1Cl. The Bertz CT molecular complexity index is 805. The Morgan fingerprint density at radius 1 is 1.35 bits per heavy atom. The Morgan fingerprint density at radius 2 is 2.00 bits per heavy atom. The number of halogens is 2. The van der Waals surface area contributed by atoms with Gasteiger partial charge >= 0.3 is 0 Å². The smallest absolute Gasteiger partial charge is 0.265 e. The number of benzene rings is 1. The Balaban J connectivity index is 2.39. The van der Waals surface area contributed by atoms with Crippen molar-refractivity contribution in [2.75, 3.05) is 17.3 Å². The molecule has 2 N–H and O–H groups in total. The normalized spacial score (nSPS) is 15.3. The lowest BCUT2D eigenvalue weighted by atomic mass is 10.1. The molecule has 1 aliphatic heterocycles. The number of imide groups is 1. The molecule has 1 saturated heterocycles. The second kappa shape index (κ2) is 7.84. The van der Waals surface area contributed by atoms with E-state index in [1.807, 2.05) is 0 Å². The number of carbonyl (C=O) groups excluding carboxylic acids is 3. The highest BCUT2D eigenvalue weighted by Crippen LogP contribution is 2.35. The van der Waals surface area contributed by atoms with Crippen LogP contribution >= 0.6 is 11.6 Å². The molecule has 3 amide bonds. The third-order valence-corrected chi connectivity index (χ3v) is 4.20. The zero-order chi connectivity index (χ0) is 19.6. The van der Waals surface area contributed by atoms with Crippen molar-refractivity contribution in [2.45, 2.75) is 33.2 Å². The van der Waals surface area contributed by atoms with Crippen LogP contribution in [0, 0.1) is 5.82 Å². The summed E-state index contributed by atoms with van der Waals surface area (Å²) in [6.45, 7) is 4.97. The molecule has 1 aliphatic rings. The number of anilines is 2. The van der Waals surface area contributed by atoms with E-state index < -0.39 is 29.6 Å². The van der Waals surface area contributed by atoms with Crippen molar-refractivity contribution in [3.63, 3.8) is 0 Å². The zero-order valence-electron chi connectivity index (χ0n) is 14.8. The van der Waals surface area contributed by atoms with Gasteiger partial charge in [-0.05, 0) is 32.9 Å². The highest BCUT2D eigenvalue weighted by atomic mass is 35.5. The van der Waals surface area contributed by atoms with Gasteiger partial charge in [-0.1, -0.05) is 17.2 Å². The number of allylic oxidation sites excluding steroid dienone is 1. The molecule has 0 radical (unpaired) electrons. The third-order valence-electron chi connectivity index (χ3n) is 3.89. The molecule has 0 aliphatic carbocycles. The fourth-order valence-electron chi connectivity index (χ4n) is 2.50. The van der Waals surface area contributed by atoms with E-state index in [1.54, 1.807) is 20.8 Å². The summed E-state index contributed by atoms with van der Waals surface area (Å²) in [5.74, 6) is -2.38. The van der Waals surface area contributed by atoms with E-state index >= 15 is 0 Å². The van der Waals surface area contributed by atoms with Crippen molar-refractivity contribution in [1.82, 2.24) is 5.48 Å². The van der Waals surface area contributed by atoms with Crippen LogP contribution < -0.4 is 15.7 Å². The molecule has 7 nitrogen and oxygen atoms in total. The molecule has 1 unspecified atom stereocenters. The number of amides is 3. The number of carbonyl (C=O) groups is 3. The Hall–Kier alpha value is -2.45. The first kappa shape index (κ1) is 19.9. The molecule has 26 heavy (non-hydrogen) atoms. The average molecular weight is 384 g/mol. The van der Waals surface area contributed by atoms with Gasteiger partial charge in [-0.2, -0.15) is 0 Å². The number of nitrogens with zero attached hydrogens (tertiary/aromatic N) is 1. The third kappa shape index (κ3) is 3.86. The van der Waals surface area contributed by atoms with Crippen LogP contribution in [-0.2, 0) is 19.2 Å². The molecule has 140 valence electrons. The molecule has 0 saturated carbocycles. The van der Waals surface area contributed by atoms with Crippen LogP contribution in [0.25, 0.3) is 0 Å².